The van der Waals surface area contributed by atoms with Crippen LogP contribution in [0.2, 0.25) is 0 Å². The smallest absolute Gasteiger partial charge is 0.247 e. The molecule has 0 saturated carbocycles. The van der Waals surface area contributed by atoms with E-state index in [2.05, 4.69) is 10.2 Å². The van der Waals surface area contributed by atoms with E-state index in [4.69, 9.17) is 14.4 Å². The topological polar surface area (TPSA) is 64.7 Å². The van der Waals surface area contributed by atoms with Gasteiger partial charge in [-0.25, -0.2) is 18.7 Å². The number of hydrogen-bond donors (Lipinski definition) is 0. The third-order valence-electron chi connectivity index (χ3n) is 4.51. The molecule has 5 rings (SSSR count). The normalized spacial score (nSPS) is 11.1. The fourth-order valence-electron chi connectivity index (χ4n) is 3.10. The molecule has 5 aromatic rings. The van der Waals surface area contributed by atoms with Crippen molar-refractivity contribution < 1.29 is 13.2 Å². The van der Waals surface area contributed by atoms with Crippen LogP contribution in [0.15, 0.2) is 77.5 Å². The van der Waals surface area contributed by atoms with Crippen molar-refractivity contribution in [1.29, 1.82) is 0 Å². The predicted molar refractivity (Wildman–Crippen MR) is 104 cm³/mol. The molecule has 0 spiro atoms. The molecule has 0 saturated heterocycles. The third-order valence-corrected chi connectivity index (χ3v) is 4.51. The van der Waals surface area contributed by atoms with Crippen LogP contribution < -0.4 is 0 Å². The molecule has 0 aliphatic heterocycles. The van der Waals surface area contributed by atoms with E-state index in [0.29, 0.717) is 45.0 Å². The zero-order valence-electron chi connectivity index (χ0n) is 14.9. The van der Waals surface area contributed by atoms with Crippen LogP contribution >= 0.6 is 0 Å². The maximum Gasteiger partial charge on any atom is 0.247 e. The van der Waals surface area contributed by atoms with Crippen molar-refractivity contribution >= 4 is 11.0 Å². The Morgan fingerprint density at radius 1 is 0.621 bits per heavy atom. The van der Waals surface area contributed by atoms with Gasteiger partial charge in [-0.3, -0.25) is 0 Å². The average molecular weight is 386 g/mol. The molecule has 3 aromatic carbocycles. The molecule has 2 aromatic heterocycles. The zero-order valence-corrected chi connectivity index (χ0v) is 14.9. The maximum atomic E-state index is 13.4. The van der Waals surface area contributed by atoms with Gasteiger partial charge in [0, 0.05) is 16.7 Å². The van der Waals surface area contributed by atoms with Crippen molar-refractivity contribution in [2.45, 2.75) is 0 Å². The van der Waals surface area contributed by atoms with Crippen molar-refractivity contribution in [2.75, 3.05) is 0 Å². The zero-order chi connectivity index (χ0) is 19.8. The molecular weight excluding hydrogens is 374 g/mol. The Bertz CT molecular complexity index is 1300. The summed E-state index contributed by atoms with van der Waals surface area (Å²) in [6, 6.07) is 17.5. The van der Waals surface area contributed by atoms with Crippen LogP contribution in [0, 0.1) is 11.6 Å². The second kappa shape index (κ2) is 6.87. The summed E-state index contributed by atoms with van der Waals surface area (Å²) < 4.78 is 32.1. The summed E-state index contributed by atoms with van der Waals surface area (Å²) in [7, 11) is 0. The lowest BCUT2D eigenvalue weighted by Crippen LogP contribution is -1.96. The lowest BCUT2D eigenvalue weighted by molar-refractivity contribution is 0.568. The van der Waals surface area contributed by atoms with Crippen LogP contribution in [0.3, 0.4) is 0 Å². The summed E-state index contributed by atoms with van der Waals surface area (Å²) in [5.74, 6) is -0.306. The molecule has 0 bridgehead atoms. The summed E-state index contributed by atoms with van der Waals surface area (Å²) in [5.41, 5.74) is 4.53. The highest BCUT2D eigenvalue weighted by Crippen LogP contribution is 2.32. The number of nitrogens with zero attached hydrogens (tertiary/aromatic N) is 4. The molecule has 0 radical (unpaired) electrons. The summed E-state index contributed by atoms with van der Waals surface area (Å²) >= 11 is 0. The number of hydrogen-bond acceptors (Lipinski definition) is 5. The Morgan fingerprint density at radius 2 is 1.17 bits per heavy atom. The number of benzene rings is 3. The minimum atomic E-state index is -0.343. The van der Waals surface area contributed by atoms with Crippen LogP contribution in [0.5, 0.6) is 0 Å². The predicted octanol–water partition coefficient (Wildman–Crippen LogP) is 5.29. The van der Waals surface area contributed by atoms with Crippen LogP contribution in [0.1, 0.15) is 0 Å². The van der Waals surface area contributed by atoms with Crippen molar-refractivity contribution in [3.8, 4) is 34.0 Å². The molecule has 29 heavy (non-hydrogen) atoms. The summed E-state index contributed by atoms with van der Waals surface area (Å²) in [4.78, 5) is 9.53. The summed E-state index contributed by atoms with van der Waals surface area (Å²) in [6.07, 6.45) is 1.26. The first-order valence-electron chi connectivity index (χ1n) is 8.77. The second-order valence-corrected chi connectivity index (χ2v) is 6.38. The summed E-state index contributed by atoms with van der Waals surface area (Å²) in [6.45, 7) is 0. The van der Waals surface area contributed by atoms with Gasteiger partial charge in [0.25, 0.3) is 0 Å². The second-order valence-electron chi connectivity index (χ2n) is 6.38. The molecule has 0 aliphatic carbocycles. The van der Waals surface area contributed by atoms with E-state index in [1.54, 1.807) is 30.3 Å². The highest BCUT2D eigenvalue weighted by atomic mass is 19.1. The third kappa shape index (κ3) is 3.23. The van der Waals surface area contributed by atoms with Gasteiger partial charge in [0.15, 0.2) is 0 Å². The molecule has 0 amide bonds. The molecule has 7 heteroatoms. The van der Waals surface area contributed by atoms with Gasteiger partial charge in [-0.1, -0.05) is 0 Å². The minimum Gasteiger partial charge on any atom is -0.423 e. The fraction of sp³-hybridized carbons (Fsp3) is 0. The Morgan fingerprint density at radius 3 is 1.72 bits per heavy atom. The molecule has 0 aliphatic rings. The highest BCUT2D eigenvalue weighted by molar-refractivity contribution is 5.88. The van der Waals surface area contributed by atoms with E-state index in [9.17, 15) is 8.78 Å². The van der Waals surface area contributed by atoms with Crippen molar-refractivity contribution in [2.24, 2.45) is 0 Å². The standard InChI is InChI=1S/C22H12F2N4O/c23-16-6-1-13(2-7-16)20-21(14-3-8-17(24)9-4-14)27-19-11-15(5-10-18(19)26-20)22-28-25-12-29-22/h1-12H. The van der Waals surface area contributed by atoms with E-state index in [-0.39, 0.29) is 11.6 Å². The molecule has 140 valence electrons. The number of aromatic nitrogens is 4. The van der Waals surface area contributed by atoms with Crippen molar-refractivity contribution in [3.05, 3.63) is 84.8 Å². The van der Waals surface area contributed by atoms with Crippen molar-refractivity contribution in [3.63, 3.8) is 0 Å². The van der Waals surface area contributed by atoms with E-state index < -0.39 is 0 Å². The Balaban J connectivity index is 1.75. The molecule has 2 heterocycles. The highest BCUT2D eigenvalue weighted by Gasteiger charge is 2.15. The number of halogens is 2. The van der Waals surface area contributed by atoms with Gasteiger partial charge in [0.05, 0.1) is 22.4 Å². The number of rotatable bonds is 3. The van der Waals surface area contributed by atoms with E-state index >= 15 is 0 Å². The molecule has 0 atom stereocenters. The van der Waals surface area contributed by atoms with Gasteiger partial charge in [-0.2, -0.15) is 0 Å². The molecule has 5 nitrogen and oxygen atoms in total. The first-order chi connectivity index (χ1) is 14.2. The van der Waals surface area contributed by atoms with Crippen LogP contribution in [0.25, 0.3) is 45.0 Å². The maximum absolute atomic E-state index is 13.4. The van der Waals surface area contributed by atoms with Crippen molar-refractivity contribution in [1.82, 2.24) is 20.2 Å². The van der Waals surface area contributed by atoms with Gasteiger partial charge in [-0.05, 0) is 66.7 Å². The quantitative estimate of drug-likeness (QED) is 0.421. The van der Waals surface area contributed by atoms with Gasteiger partial charge < -0.3 is 4.42 Å². The Labute approximate surface area is 163 Å². The molecule has 0 fully saturated rings. The Kier molecular flexibility index (Phi) is 4.05. The largest absolute Gasteiger partial charge is 0.423 e. The van der Waals surface area contributed by atoms with E-state index in [1.165, 1.54) is 30.7 Å². The van der Waals surface area contributed by atoms with Gasteiger partial charge in [0.1, 0.15) is 11.6 Å². The van der Waals surface area contributed by atoms with Crippen LogP contribution in [-0.2, 0) is 0 Å². The van der Waals surface area contributed by atoms with Crippen LogP contribution in [-0.4, -0.2) is 20.2 Å². The lowest BCUT2D eigenvalue weighted by atomic mass is 10.0. The van der Waals surface area contributed by atoms with Gasteiger partial charge >= 0.3 is 0 Å². The van der Waals surface area contributed by atoms with Gasteiger partial charge in [-0.15, -0.1) is 10.2 Å². The molecule has 0 N–H and O–H groups in total. The monoisotopic (exact) mass is 386 g/mol. The van der Waals surface area contributed by atoms with E-state index in [0.717, 1.165) is 0 Å². The minimum absolute atomic E-state index is 0.338. The molecular formula is C22H12F2N4O. The summed E-state index contributed by atoms with van der Waals surface area (Å²) in [5, 5.41) is 7.61. The molecule has 0 unspecified atom stereocenters. The Hall–Kier alpha value is -4.00. The SMILES string of the molecule is Fc1ccc(-c2nc3ccc(-c4nnco4)cc3nc2-c2ccc(F)cc2)cc1. The van der Waals surface area contributed by atoms with E-state index in [1.807, 2.05) is 12.1 Å². The number of fused-ring (bicyclic) bond motifs is 1. The first kappa shape index (κ1) is 17.1. The van der Waals surface area contributed by atoms with Crippen LogP contribution in [0.4, 0.5) is 8.78 Å². The lowest BCUT2D eigenvalue weighted by Gasteiger charge is -2.11. The fourth-order valence-corrected chi connectivity index (χ4v) is 3.10. The average Bonchev–Trinajstić information content (AvgIpc) is 3.29. The first-order valence-corrected chi connectivity index (χ1v) is 8.77. The van der Waals surface area contributed by atoms with Gasteiger partial charge in [0.2, 0.25) is 12.3 Å².